The molecular weight excluding hydrogens is 435 g/mol. The fourth-order valence-electron chi connectivity index (χ4n) is 3.51. The maximum atomic E-state index is 14.9. The highest BCUT2D eigenvalue weighted by atomic mass is 19.4. The fourth-order valence-corrected chi connectivity index (χ4v) is 3.51. The Morgan fingerprint density at radius 2 is 1.59 bits per heavy atom. The molecule has 0 N–H and O–H groups in total. The molecule has 0 spiro atoms. The molecule has 0 fully saturated rings. The highest BCUT2D eigenvalue weighted by Gasteiger charge is 2.30. The zero-order valence-corrected chi connectivity index (χ0v) is 15.9. The van der Waals surface area contributed by atoms with Gasteiger partial charge < -0.3 is 9.47 Å². The maximum Gasteiger partial charge on any atom is 0.416 e. The minimum atomic E-state index is -4.56. The second-order valence-corrected chi connectivity index (χ2v) is 6.94. The maximum absolute atomic E-state index is 14.9. The average Bonchev–Trinajstić information content (AvgIpc) is 3.25. The number of nitrogens with zero attached hydrogens (tertiary/aromatic N) is 2. The molecule has 5 rings (SSSR count). The molecule has 0 bridgehead atoms. The Kier molecular flexibility index (Phi) is 4.40. The summed E-state index contributed by atoms with van der Waals surface area (Å²) in [5.74, 6) is -2.93. The lowest BCUT2D eigenvalue weighted by Gasteiger charge is -2.13. The third-order valence-corrected chi connectivity index (χ3v) is 5.04. The molecule has 0 aliphatic carbocycles. The normalized spacial score (nSPS) is 13.0. The number of benzene rings is 3. The number of hydrogen-bond donors (Lipinski definition) is 0. The molecule has 3 aromatic carbocycles. The average molecular weight is 446 g/mol. The van der Waals surface area contributed by atoms with E-state index in [1.165, 1.54) is 18.2 Å². The van der Waals surface area contributed by atoms with E-state index < -0.39 is 28.9 Å². The van der Waals surface area contributed by atoms with Crippen LogP contribution >= 0.6 is 0 Å². The number of rotatable bonds is 2. The minimum Gasteiger partial charge on any atom is -0.453 e. The molecule has 0 amide bonds. The van der Waals surface area contributed by atoms with Crippen LogP contribution in [0, 0.1) is 11.6 Å². The van der Waals surface area contributed by atoms with Gasteiger partial charge in [0.25, 0.3) is 5.56 Å². The van der Waals surface area contributed by atoms with E-state index in [0.29, 0.717) is 0 Å². The molecule has 10 heteroatoms. The van der Waals surface area contributed by atoms with E-state index >= 15 is 0 Å². The number of halogens is 5. The first-order valence-corrected chi connectivity index (χ1v) is 9.23. The van der Waals surface area contributed by atoms with E-state index in [-0.39, 0.29) is 46.0 Å². The van der Waals surface area contributed by atoms with Crippen LogP contribution in [0.1, 0.15) is 5.56 Å². The first-order valence-electron chi connectivity index (χ1n) is 9.23. The van der Waals surface area contributed by atoms with Gasteiger partial charge in [0.1, 0.15) is 5.69 Å². The first kappa shape index (κ1) is 20.0. The van der Waals surface area contributed by atoms with E-state index in [9.17, 15) is 26.7 Å². The smallest absolute Gasteiger partial charge is 0.416 e. The Hall–Kier alpha value is -3.95. The van der Waals surface area contributed by atoms with Crippen molar-refractivity contribution in [3.8, 4) is 28.4 Å². The van der Waals surface area contributed by atoms with Crippen molar-refractivity contribution < 1.29 is 31.4 Å². The molecule has 2 heterocycles. The third-order valence-electron chi connectivity index (χ3n) is 5.04. The highest BCUT2D eigenvalue weighted by Crippen LogP contribution is 2.41. The molecule has 1 aliphatic heterocycles. The predicted molar refractivity (Wildman–Crippen MR) is 104 cm³/mol. The number of fused-ring (bicyclic) bond motifs is 2. The summed E-state index contributed by atoms with van der Waals surface area (Å²) < 4.78 is 79.1. The summed E-state index contributed by atoms with van der Waals surface area (Å²) in [7, 11) is 0. The molecule has 1 aliphatic rings. The summed E-state index contributed by atoms with van der Waals surface area (Å²) in [6.45, 7) is -0.283. The molecule has 32 heavy (non-hydrogen) atoms. The Labute approximate surface area is 176 Å². The van der Waals surface area contributed by atoms with Gasteiger partial charge in [-0.15, -0.1) is 0 Å². The summed E-state index contributed by atoms with van der Waals surface area (Å²) >= 11 is 0. The first-order chi connectivity index (χ1) is 15.3. The van der Waals surface area contributed by atoms with Gasteiger partial charge in [0.2, 0.25) is 18.4 Å². The van der Waals surface area contributed by atoms with Gasteiger partial charge >= 0.3 is 6.18 Å². The molecular formula is C22H11F5N2O3. The Bertz CT molecular complexity index is 1430. The lowest BCUT2D eigenvalue weighted by Crippen LogP contribution is -2.22. The van der Waals surface area contributed by atoms with E-state index in [1.54, 1.807) is 12.1 Å². The van der Waals surface area contributed by atoms with Crippen molar-refractivity contribution in [3.63, 3.8) is 0 Å². The molecule has 4 aromatic rings. The van der Waals surface area contributed by atoms with Crippen LogP contribution in [0.5, 0.6) is 11.5 Å². The van der Waals surface area contributed by atoms with E-state index in [0.717, 1.165) is 28.9 Å². The fraction of sp³-hybridized carbons (Fsp3) is 0.0909. The van der Waals surface area contributed by atoms with Crippen molar-refractivity contribution in [1.82, 2.24) is 9.78 Å². The second-order valence-electron chi connectivity index (χ2n) is 6.94. The topological polar surface area (TPSA) is 53.4 Å². The van der Waals surface area contributed by atoms with Crippen molar-refractivity contribution >= 4 is 10.8 Å². The minimum absolute atomic E-state index is 0.0247. The molecule has 0 unspecified atom stereocenters. The van der Waals surface area contributed by atoms with Crippen LogP contribution in [-0.2, 0) is 6.18 Å². The van der Waals surface area contributed by atoms with Gasteiger partial charge in [-0.2, -0.15) is 27.3 Å². The standard InChI is InChI=1S/C22H11F5N2O3/c23-17-15(9-16-20(18(17)24)32-10-31-16)19-13-3-1-2-4-14(13)21(30)29(28-19)12-7-5-11(6-8-12)22(25,26)27/h1-9H,10H2. The van der Waals surface area contributed by atoms with Crippen LogP contribution in [0.25, 0.3) is 27.7 Å². The third kappa shape index (κ3) is 3.06. The van der Waals surface area contributed by atoms with Gasteiger partial charge in [-0.3, -0.25) is 4.79 Å². The zero-order valence-electron chi connectivity index (χ0n) is 15.9. The molecule has 0 radical (unpaired) electrons. The van der Waals surface area contributed by atoms with Crippen molar-refractivity contribution in [2.75, 3.05) is 6.79 Å². The van der Waals surface area contributed by atoms with Crippen LogP contribution in [0.4, 0.5) is 22.0 Å². The van der Waals surface area contributed by atoms with Crippen LogP contribution in [0.15, 0.2) is 59.4 Å². The van der Waals surface area contributed by atoms with Gasteiger partial charge in [-0.1, -0.05) is 18.2 Å². The van der Waals surface area contributed by atoms with E-state index in [4.69, 9.17) is 9.47 Å². The number of alkyl halides is 3. The Balaban J connectivity index is 1.78. The zero-order chi connectivity index (χ0) is 22.6. The van der Waals surface area contributed by atoms with Gasteiger partial charge in [0.05, 0.1) is 16.6 Å². The molecule has 1 aromatic heterocycles. The summed E-state index contributed by atoms with van der Waals surface area (Å²) in [6, 6.07) is 11.1. The van der Waals surface area contributed by atoms with Gasteiger partial charge in [-0.05, 0) is 36.4 Å². The monoisotopic (exact) mass is 446 g/mol. The van der Waals surface area contributed by atoms with Crippen molar-refractivity contribution in [3.05, 3.63) is 82.1 Å². The van der Waals surface area contributed by atoms with Gasteiger partial charge in [0, 0.05) is 10.9 Å². The summed E-state index contributed by atoms with van der Waals surface area (Å²) in [5, 5.41) is 4.53. The van der Waals surface area contributed by atoms with Crippen LogP contribution in [0.2, 0.25) is 0 Å². The second kappa shape index (κ2) is 7.04. The van der Waals surface area contributed by atoms with Crippen molar-refractivity contribution in [1.29, 1.82) is 0 Å². The lowest BCUT2D eigenvalue weighted by atomic mass is 10.0. The predicted octanol–water partition coefficient (Wildman–Crippen LogP) is 5.08. The van der Waals surface area contributed by atoms with E-state index in [1.807, 2.05) is 0 Å². The largest absolute Gasteiger partial charge is 0.453 e. The Morgan fingerprint density at radius 3 is 2.28 bits per heavy atom. The summed E-state index contributed by atoms with van der Waals surface area (Å²) in [5.41, 5.74) is -1.89. The van der Waals surface area contributed by atoms with Crippen LogP contribution < -0.4 is 15.0 Å². The van der Waals surface area contributed by atoms with E-state index in [2.05, 4.69) is 5.10 Å². The van der Waals surface area contributed by atoms with Crippen LogP contribution in [-0.4, -0.2) is 16.6 Å². The lowest BCUT2D eigenvalue weighted by molar-refractivity contribution is -0.137. The highest BCUT2D eigenvalue weighted by molar-refractivity contribution is 5.94. The van der Waals surface area contributed by atoms with Crippen molar-refractivity contribution in [2.45, 2.75) is 6.18 Å². The summed E-state index contributed by atoms with van der Waals surface area (Å²) in [6.07, 6.45) is -4.56. The Morgan fingerprint density at radius 1 is 0.906 bits per heavy atom. The van der Waals surface area contributed by atoms with Crippen LogP contribution in [0.3, 0.4) is 0 Å². The van der Waals surface area contributed by atoms with Gasteiger partial charge in [0.15, 0.2) is 11.6 Å². The van der Waals surface area contributed by atoms with Gasteiger partial charge in [-0.25, -0.2) is 4.39 Å². The SMILES string of the molecule is O=c1c2ccccc2c(-c2cc3c(c(F)c2F)OCO3)nn1-c1ccc(C(F)(F)F)cc1. The molecule has 0 atom stereocenters. The quantitative estimate of drug-likeness (QED) is 0.403. The number of aromatic nitrogens is 2. The molecule has 0 saturated heterocycles. The van der Waals surface area contributed by atoms with Crippen molar-refractivity contribution in [2.24, 2.45) is 0 Å². The molecule has 162 valence electrons. The summed E-state index contributed by atoms with van der Waals surface area (Å²) in [4.78, 5) is 13.0. The number of ether oxygens (including phenoxy) is 2. The molecule has 0 saturated carbocycles. The number of hydrogen-bond acceptors (Lipinski definition) is 4. The molecule has 5 nitrogen and oxygen atoms in total.